The Bertz CT molecular complexity index is 321. The highest BCUT2D eigenvalue weighted by molar-refractivity contribution is 7.53. The van der Waals surface area contributed by atoms with Gasteiger partial charge in [0.1, 0.15) is 0 Å². The molecular formula is C16H33O4P. The quantitative estimate of drug-likeness (QED) is 0.282. The van der Waals surface area contributed by atoms with Crippen LogP contribution >= 0.6 is 7.60 Å². The molecule has 0 aromatic rings. The topological polar surface area (TPSA) is 44.8 Å². The number of allylic oxidation sites excluding steroid dienone is 1. The summed E-state index contributed by atoms with van der Waals surface area (Å²) in [6.45, 7) is 9.33. The second kappa shape index (κ2) is 11.4. The number of hydrogen-bond donors (Lipinski definition) is 0. The van der Waals surface area contributed by atoms with Crippen molar-refractivity contribution < 1.29 is 18.3 Å². The summed E-state index contributed by atoms with van der Waals surface area (Å²) >= 11 is 0. The fourth-order valence-electron chi connectivity index (χ4n) is 1.82. The summed E-state index contributed by atoms with van der Waals surface area (Å²) < 4.78 is 28.5. The maximum absolute atomic E-state index is 12.3. The minimum Gasteiger partial charge on any atom is -0.381 e. The van der Waals surface area contributed by atoms with Crippen LogP contribution in [0.2, 0.25) is 0 Å². The number of hydrogen-bond acceptors (Lipinski definition) is 4. The summed E-state index contributed by atoms with van der Waals surface area (Å²) in [6, 6.07) is 0. The molecule has 0 bridgehead atoms. The summed E-state index contributed by atoms with van der Waals surface area (Å²) in [5, 5.41) is 0. The normalized spacial score (nSPS) is 15.5. The standard InChI is InChI=1S/C16H33O4P/c1-6-7-8-10-13-19-14-11-9-12-15-21(17,18-5)20-16(2,3)4/h7-8H,6,9-15H2,1-5H3/b8-7-. The third-order valence-electron chi connectivity index (χ3n) is 2.74. The Balaban J connectivity index is 3.65. The summed E-state index contributed by atoms with van der Waals surface area (Å²) in [5.74, 6) is 0. The van der Waals surface area contributed by atoms with E-state index >= 15 is 0 Å². The van der Waals surface area contributed by atoms with Crippen LogP contribution in [0.4, 0.5) is 0 Å². The van der Waals surface area contributed by atoms with E-state index in [0.717, 1.165) is 45.3 Å². The van der Waals surface area contributed by atoms with Crippen molar-refractivity contribution in [2.45, 2.75) is 65.4 Å². The van der Waals surface area contributed by atoms with Gasteiger partial charge in [-0.1, -0.05) is 25.5 Å². The SMILES string of the molecule is CC/C=C\CCOCCCCCP(=O)(OC)OC(C)(C)C. The Morgan fingerprint density at radius 1 is 1.05 bits per heavy atom. The van der Waals surface area contributed by atoms with Crippen molar-refractivity contribution in [1.82, 2.24) is 0 Å². The molecule has 1 atom stereocenters. The molecule has 0 aliphatic carbocycles. The summed E-state index contributed by atoms with van der Waals surface area (Å²) in [5.41, 5.74) is -0.444. The lowest BCUT2D eigenvalue weighted by Gasteiger charge is -2.25. The second-order valence-electron chi connectivity index (χ2n) is 6.06. The third kappa shape index (κ3) is 13.2. The smallest absolute Gasteiger partial charge is 0.330 e. The van der Waals surface area contributed by atoms with Crippen molar-refractivity contribution in [3.05, 3.63) is 12.2 Å². The van der Waals surface area contributed by atoms with Crippen LogP contribution in [0.3, 0.4) is 0 Å². The molecule has 5 heteroatoms. The van der Waals surface area contributed by atoms with Crippen LogP contribution in [0.5, 0.6) is 0 Å². The van der Waals surface area contributed by atoms with Crippen molar-refractivity contribution in [2.75, 3.05) is 26.5 Å². The number of rotatable bonds is 12. The molecule has 0 aliphatic heterocycles. The van der Waals surface area contributed by atoms with Gasteiger partial charge < -0.3 is 13.8 Å². The Morgan fingerprint density at radius 2 is 1.76 bits per heavy atom. The predicted molar refractivity (Wildman–Crippen MR) is 89.0 cm³/mol. The molecule has 21 heavy (non-hydrogen) atoms. The van der Waals surface area contributed by atoms with Crippen LogP contribution in [-0.2, 0) is 18.3 Å². The highest BCUT2D eigenvalue weighted by Crippen LogP contribution is 2.51. The zero-order valence-corrected chi connectivity index (χ0v) is 15.3. The van der Waals surface area contributed by atoms with Crippen LogP contribution in [0.15, 0.2) is 12.2 Å². The van der Waals surface area contributed by atoms with Gasteiger partial charge in [0.05, 0.1) is 18.4 Å². The number of ether oxygens (including phenoxy) is 1. The first kappa shape index (κ1) is 20.9. The first-order valence-electron chi connectivity index (χ1n) is 7.91. The highest BCUT2D eigenvalue weighted by atomic mass is 31.2. The van der Waals surface area contributed by atoms with Gasteiger partial charge in [0.25, 0.3) is 0 Å². The minimum atomic E-state index is -2.95. The van der Waals surface area contributed by atoms with E-state index in [0.29, 0.717) is 6.16 Å². The molecule has 126 valence electrons. The van der Waals surface area contributed by atoms with Crippen molar-refractivity contribution in [3.8, 4) is 0 Å². The lowest BCUT2D eigenvalue weighted by molar-refractivity contribution is 0.102. The van der Waals surface area contributed by atoms with Crippen LogP contribution in [0, 0.1) is 0 Å². The van der Waals surface area contributed by atoms with Crippen molar-refractivity contribution in [2.24, 2.45) is 0 Å². The molecule has 0 aromatic heterocycles. The van der Waals surface area contributed by atoms with Crippen LogP contribution < -0.4 is 0 Å². The lowest BCUT2D eigenvalue weighted by atomic mass is 10.2. The average Bonchev–Trinajstić information content (AvgIpc) is 2.39. The van der Waals surface area contributed by atoms with E-state index in [9.17, 15) is 4.57 Å². The van der Waals surface area contributed by atoms with E-state index in [2.05, 4.69) is 19.1 Å². The summed E-state index contributed by atoms with van der Waals surface area (Å²) in [4.78, 5) is 0. The predicted octanol–water partition coefficient (Wildman–Crippen LogP) is 5.18. The van der Waals surface area contributed by atoms with Gasteiger partial charge in [-0.15, -0.1) is 0 Å². The Hall–Kier alpha value is -0.150. The van der Waals surface area contributed by atoms with Gasteiger partial charge >= 0.3 is 7.60 Å². The van der Waals surface area contributed by atoms with Crippen LogP contribution in [0.25, 0.3) is 0 Å². The molecule has 0 spiro atoms. The molecule has 0 radical (unpaired) electrons. The van der Waals surface area contributed by atoms with E-state index in [1.165, 1.54) is 7.11 Å². The first-order valence-corrected chi connectivity index (χ1v) is 9.64. The lowest BCUT2D eigenvalue weighted by Crippen LogP contribution is -2.18. The second-order valence-corrected chi connectivity index (χ2v) is 8.28. The molecule has 0 saturated carbocycles. The molecule has 0 aliphatic rings. The van der Waals surface area contributed by atoms with Gasteiger partial charge in [0.15, 0.2) is 0 Å². The molecule has 0 fully saturated rings. The van der Waals surface area contributed by atoms with Gasteiger partial charge in [-0.25, -0.2) is 0 Å². The summed E-state index contributed by atoms with van der Waals surface area (Å²) in [6.07, 6.45) is 9.63. The van der Waals surface area contributed by atoms with Gasteiger partial charge in [-0.2, -0.15) is 0 Å². The monoisotopic (exact) mass is 320 g/mol. The molecule has 0 N–H and O–H groups in total. The van der Waals surface area contributed by atoms with Crippen molar-refractivity contribution in [1.29, 1.82) is 0 Å². The fourth-order valence-corrected chi connectivity index (χ4v) is 3.61. The maximum atomic E-state index is 12.3. The molecule has 0 amide bonds. The van der Waals surface area contributed by atoms with Crippen molar-refractivity contribution >= 4 is 7.60 Å². The Labute approximate surface area is 130 Å². The number of unbranched alkanes of at least 4 members (excludes halogenated alkanes) is 2. The molecule has 0 rings (SSSR count). The van der Waals surface area contributed by atoms with E-state index in [-0.39, 0.29) is 0 Å². The minimum absolute atomic E-state index is 0.444. The molecule has 0 saturated heterocycles. The van der Waals surface area contributed by atoms with E-state index in [1.807, 2.05) is 20.8 Å². The maximum Gasteiger partial charge on any atom is 0.330 e. The Morgan fingerprint density at radius 3 is 2.33 bits per heavy atom. The zero-order chi connectivity index (χ0) is 16.2. The molecule has 4 nitrogen and oxygen atoms in total. The zero-order valence-electron chi connectivity index (χ0n) is 14.4. The van der Waals surface area contributed by atoms with Gasteiger partial charge in [-0.3, -0.25) is 4.57 Å². The molecular weight excluding hydrogens is 287 g/mol. The van der Waals surface area contributed by atoms with E-state index < -0.39 is 13.2 Å². The first-order chi connectivity index (χ1) is 9.83. The molecule has 0 aromatic carbocycles. The van der Waals surface area contributed by atoms with Gasteiger partial charge in [0.2, 0.25) is 0 Å². The van der Waals surface area contributed by atoms with Gasteiger partial charge in [0, 0.05) is 13.7 Å². The average molecular weight is 320 g/mol. The molecule has 1 unspecified atom stereocenters. The van der Waals surface area contributed by atoms with Crippen molar-refractivity contribution in [3.63, 3.8) is 0 Å². The third-order valence-corrected chi connectivity index (χ3v) is 4.99. The molecule has 0 heterocycles. The fraction of sp³-hybridized carbons (Fsp3) is 0.875. The van der Waals surface area contributed by atoms with E-state index in [4.69, 9.17) is 13.8 Å². The Kier molecular flexibility index (Phi) is 11.3. The summed E-state index contributed by atoms with van der Waals surface area (Å²) in [7, 11) is -1.49. The van der Waals surface area contributed by atoms with Gasteiger partial charge in [-0.05, 0) is 46.5 Å². The van der Waals surface area contributed by atoms with Crippen LogP contribution in [0.1, 0.15) is 59.8 Å². The van der Waals surface area contributed by atoms with Crippen LogP contribution in [-0.4, -0.2) is 32.1 Å². The van der Waals surface area contributed by atoms with E-state index in [1.54, 1.807) is 0 Å². The largest absolute Gasteiger partial charge is 0.381 e. The highest BCUT2D eigenvalue weighted by Gasteiger charge is 2.28.